The molecule has 0 aliphatic heterocycles. The molecular weight excluding hydrogens is 307 g/mol. The second-order valence-corrected chi connectivity index (χ2v) is 7.08. The molecule has 1 rings (SSSR count). The zero-order valence-electron chi connectivity index (χ0n) is 10.2. The predicted molar refractivity (Wildman–Crippen MR) is 84.2 cm³/mol. The van der Waals surface area contributed by atoms with Crippen LogP contribution in [0.25, 0.3) is 0 Å². The van der Waals surface area contributed by atoms with Crippen molar-refractivity contribution in [3.8, 4) is 0 Å². The lowest BCUT2D eigenvalue weighted by atomic mass is 10.3. The van der Waals surface area contributed by atoms with Crippen LogP contribution in [0, 0.1) is 0 Å². The third-order valence-electron chi connectivity index (χ3n) is 2.25. The smallest absolute Gasteiger partial charge is 0.185 e. The molecule has 1 aromatic carbocycles. The summed E-state index contributed by atoms with van der Waals surface area (Å²) >= 11 is 15.1. The fraction of sp³-hybridized carbons (Fsp3) is 0.462. The van der Waals surface area contributed by atoms with Gasteiger partial charge in [-0.25, -0.2) is 0 Å². The van der Waals surface area contributed by atoms with Crippen molar-refractivity contribution in [1.29, 1.82) is 0 Å². The van der Waals surface area contributed by atoms with Crippen LogP contribution in [0.15, 0.2) is 23.1 Å². The Bertz CT molecular complexity index is 397. The average molecular weight is 323 g/mol. The van der Waals surface area contributed by atoms with E-state index in [0.717, 1.165) is 40.7 Å². The molecule has 0 aliphatic rings. The fourth-order valence-corrected chi connectivity index (χ4v) is 3.51. The Labute approximate surface area is 127 Å². The monoisotopic (exact) mass is 322 g/mol. The van der Waals surface area contributed by atoms with Crippen LogP contribution in [0.3, 0.4) is 0 Å². The summed E-state index contributed by atoms with van der Waals surface area (Å²) < 4.78 is 0. The number of unbranched alkanes of at least 4 members (excludes halogenated alkanes) is 2. The van der Waals surface area contributed by atoms with E-state index < -0.39 is 0 Å². The van der Waals surface area contributed by atoms with E-state index in [9.17, 15) is 4.79 Å². The Hall–Kier alpha value is 0.170. The fourth-order valence-electron chi connectivity index (χ4n) is 1.37. The molecular formula is C13H16Cl2OS2. The zero-order valence-corrected chi connectivity index (χ0v) is 13.4. The molecule has 0 saturated heterocycles. The molecule has 0 amide bonds. The third kappa shape index (κ3) is 6.93. The van der Waals surface area contributed by atoms with Crippen LogP contribution in [0.2, 0.25) is 10.0 Å². The van der Waals surface area contributed by atoms with Crippen LogP contribution >= 0.6 is 46.7 Å². The van der Waals surface area contributed by atoms with Crippen LogP contribution in [0.5, 0.6) is 0 Å². The van der Waals surface area contributed by atoms with Crippen molar-refractivity contribution in [2.75, 3.05) is 11.5 Å². The lowest BCUT2D eigenvalue weighted by Gasteiger charge is -2.04. The second kappa shape index (κ2) is 9.13. The summed E-state index contributed by atoms with van der Waals surface area (Å²) in [6, 6.07) is 5.59. The Morgan fingerprint density at radius 2 is 1.89 bits per heavy atom. The first-order valence-electron chi connectivity index (χ1n) is 5.81. The van der Waals surface area contributed by atoms with E-state index in [4.69, 9.17) is 23.2 Å². The summed E-state index contributed by atoms with van der Waals surface area (Å²) in [7, 11) is 0. The molecule has 1 aromatic rings. The normalized spacial score (nSPS) is 10.6. The van der Waals surface area contributed by atoms with Crippen LogP contribution in [0.4, 0.5) is 0 Å². The minimum absolute atomic E-state index is 0.206. The molecule has 5 heteroatoms. The molecule has 0 N–H and O–H groups in total. The number of hydrogen-bond acceptors (Lipinski definition) is 3. The van der Waals surface area contributed by atoms with Crippen LogP contribution in [-0.2, 0) is 4.79 Å². The molecule has 0 aromatic heterocycles. The van der Waals surface area contributed by atoms with Gasteiger partial charge in [0.1, 0.15) is 0 Å². The van der Waals surface area contributed by atoms with E-state index >= 15 is 0 Å². The van der Waals surface area contributed by atoms with Gasteiger partial charge < -0.3 is 0 Å². The van der Waals surface area contributed by atoms with E-state index in [1.54, 1.807) is 24.8 Å². The second-order valence-electron chi connectivity index (χ2n) is 3.82. The lowest BCUT2D eigenvalue weighted by Crippen LogP contribution is -1.88. The van der Waals surface area contributed by atoms with E-state index in [1.807, 2.05) is 12.1 Å². The van der Waals surface area contributed by atoms with Crippen LogP contribution < -0.4 is 0 Å². The maximum absolute atomic E-state index is 10.7. The van der Waals surface area contributed by atoms with Gasteiger partial charge in [0, 0.05) is 22.6 Å². The Kier molecular flexibility index (Phi) is 8.23. The van der Waals surface area contributed by atoms with Crippen LogP contribution in [0.1, 0.15) is 26.2 Å². The van der Waals surface area contributed by atoms with Gasteiger partial charge in [0.25, 0.3) is 0 Å². The topological polar surface area (TPSA) is 17.1 Å². The molecule has 18 heavy (non-hydrogen) atoms. The van der Waals surface area contributed by atoms with E-state index in [0.29, 0.717) is 5.02 Å². The lowest BCUT2D eigenvalue weighted by molar-refractivity contribution is -0.109. The number of benzene rings is 1. The highest BCUT2D eigenvalue weighted by atomic mass is 35.5. The number of carbonyl (C=O) groups is 1. The van der Waals surface area contributed by atoms with E-state index in [-0.39, 0.29) is 5.12 Å². The first kappa shape index (κ1) is 16.2. The van der Waals surface area contributed by atoms with Gasteiger partial charge in [-0.15, -0.1) is 11.8 Å². The minimum atomic E-state index is 0.206. The van der Waals surface area contributed by atoms with Crippen molar-refractivity contribution in [2.45, 2.75) is 31.1 Å². The average Bonchev–Trinajstić information content (AvgIpc) is 2.30. The number of carbonyl (C=O) groups excluding carboxylic acids is 1. The highest BCUT2D eigenvalue weighted by molar-refractivity contribution is 8.13. The summed E-state index contributed by atoms with van der Waals surface area (Å²) in [6.45, 7) is 1.61. The molecule has 0 atom stereocenters. The standard InChI is InChI=1S/C13H16Cl2OS2/c1-10(16)17-7-3-2-4-8-18-13-6-5-11(14)9-12(13)15/h5-6,9H,2-4,7-8H2,1H3. The van der Waals surface area contributed by atoms with Crippen molar-refractivity contribution in [1.82, 2.24) is 0 Å². The van der Waals surface area contributed by atoms with Crippen molar-refractivity contribution >= 4 is 51.8 Å². The van der Waals surface area contributed by atoms with Gasteiger partial charge in [0.15, 0.2) is 5.12 Å². The summed E-state index contributed by atoms with van der Waals surface area (Å²) in [5.74, 6) is 1.98. The summed E-state index contributed by atoms with van der Waals surface area (Å²) in [4.78, 5) is 11.8. The number of halogens is 2. The summed E-state index contributed by atoms with van der Waals surface area (Å²) in [5.41, 5.74) is 0. The third-order valence-corrected chi connectivity index (χ3v) is 4.96. The number of rotatable bonds is 7. The number of thioether (sulfide) groups is 2. The molecule has 0 bridgehead atoms. The largest absolute Gasteiger partial charge is 0.288 e. The van der Waals surface area contributed by atoms with Gasteiger partial charge in [-0.1, -0.05) is 41.4 Å². The first-order chi connectivity index (χ1) is 8.59. The molecule has 0 radical (unpaired) electrons. The highest BCUT2D eigenvalue weighted by Crippen LogP contribution is 2.30. The van der Waals surface area contributed by atoms with Gasteiger partial charge in [0.2, 0.25) is 0 Å². The summed E-state index contributed by atoms with van der Waals surface area (Å²) in [6.07, 6.45) is 3.39. The molecule has 100 valence electrons. The first-order valence-corrected chi connectivity index (χ1v) is 8.53. The zero-order chi connectivity index (χ0) is 13.4. The Morgan fingerprint density at radius 1 is 1.17 bits per heavy atom. The molecule has 0 heterocycles. The maximum atomic E-state index is 10.7. The molecule has 0 saturated carbocycles. The molecule has 1 nitrogen and oxygen atoms in total. The Morgan fingerprint density at radius 3 is 2.56 bits per heavy atom. The number of hydrogen-bond donors (Lipinski definition) is 0. The van der Waals surface area contributed by atoms with Crippen molar-refractivity contribution < 1.29 is 4.79 Å². The van der Waals surface area contributed by atoms with Crippen molar-refractivity contribution in [3.63, 3.8) is 0 Å². The van der Waals surface area contributed by atoms with Gasteiger partial charge in [-0.3, -0.25) is 4.79 Å². The van der Waals surface area contributed by atoms with Crippen molar-refractivity contribution in [2.24, 2.45) is 0 Å². The SMILES string of the molecule is CC(=O)SCCCCCSc1ccc(Cl)cc1Cl. The molecule has 0 aliphatic carbocycles. The molecule has 0 unspecified atom stereocenters. The van der Waals surface area contributed by atoms with Gasteiger partial charge in [-0.05, 0) is 36.8 Å². The van der Waals surface area contributed by atoms with Gasteiger partial charge >= 0.3 is 0 Å². The predicted octanol–water partition coefficient (Wildman–Crippen LogP) is 5.54. The van der Waals surface area contributed by atoms with Crippen LogP contribution in [-0.4, -0.2) is 16.6 Å². The van der Waals surface area contributed by atoms with Gasteiger partial charge in [0.05, 0.1) is 5.02 Å². The van der Waals surface area contributed by atoms with Crippen molar-refractivity contribution in [3.05, 3.63) is 28.2 Å². The molecule has 0 spiro atoms. The Balaban J connectivity index is 2.12. The van der Waals surface area contributed by atoms with E-state index in [2.05, 4.69) is 0 Å². The maximum Gasteiger partial charge on any atom is 0.185 e. The van der Waals surface area contributed by atoms with E-state index in [1.165, 1.54) is 11.8 Å². The summed E-state index contributed by atoms with van der Waals surface area (Å²) in [5, 5.41) is 1.60. The van der Waals surface area contributed by atoms with Gasteiger partial charge in [-0.2, -0.15) is 0 Å². The molecule has 0 fully saturated rings. The quantitative estimate of drug-likeness (QED) is 0.485. The minimum Gasteiger partial charge on any atom is -0.288 e. The highest BCUT2D eigenvalue weighted by Gasteiger charge is 2.01.